The Hall–Kier alpha value is -4.03. The summed E-state index contributed by atoms with van der Waals surface area (Å²) in [4.78, 5) is 18.6. The van der Waals surface area contributed by atoms with Gasteiger partial charge in [-0.3, -0.25) is 4.79 Å². The fourth-order valence-electron chi connectivity index (χ4n) is 3.89. The monoisotopic (exact) mass is 434 g/mol. The molecule has 0 N–H and O–H groups in total. The van der Waals surface area contributed by atoms with Gasteiger partial charge in [0, 0.05) is 17.3 Å². The molecular formula is C26H18N4OS. The summed E-state index contributed by atoms with van der Waals surface area (Å²) in [5.74, 6) is 0. The maximum Gasteiger partial charge on any atom is 0.274 e. The third-order valence-electron chi connectivity index (χ3n) is 5.52. The van der Waals surface area contributed by atoms with E-state index in [9.17, 15) is 4.79 Å². The number of rotatable bonds is 3. The van der Waals surface area contributed by atoms with Crippen LogP contribution in [0.4, 0.5) is 0 Å². The van der Waals surface area contributed by atoms with Crippen LogP contribution in [0.25, 0.3) is 39.0 Å². The molecule has 0 unspecified atom stereocenters. The average Bonchev–Trinajstić information content (AvgIpc) is 3.48. The van der Waals surface area contributed by atoms with E-state index in [0.717, 1.165) is 33.5 Å². The van der Waals surface area contributed by atoms with Crippen molar-refractivity contribution in [1.29, 1.82) is 0 Å². The van der Waals surface area contributed by atoms with Gasteiger partial charge in [0.25, 0.3) is 5.56 Å². The number of aryl methyl sites for hydroxylation is 1. The Morgan fingerprint density at radius 3 is 2.47 bits per heavy atom. The van der Waals surface area contributed by atoms with Crippen molar-refractivity contribution < 1.29 is 0 Å². The summed E-state index contributed by atoms with van der Waals surface area (Å²) in [6.45, 7) is 2.06. The Labute approximate surface area is 187 Å². The van der Waals surface area contributed by atoms with Crippen LogP contribution in [0.15, 0.2) is 89.9 Å². The van der Waals surface area contributed by atoms with Crippen LogP contribution in [-0.2, 0) is 0 Å². The first-order chi connectivity index (χ1) is 15.7. The van der Waals surface area contributed by atoms with Crippen molar-refractivity contribution in [2.75, 3.05) is 0 Å². The zero-order valence-electron chi connectivity index (χ0n) is 17.3. The Kier molecular flexibility index (Phi) is 4.26. The number of aromatic nitrogens is 4. The molecule has 0 spiro atoms. The summed E-state index contributed by atoms with van der Waals surface area (Å²) < 4.78 is 4.19. The lowest BCUT2D eigenvalue weighted by molar-refractivity contribution is 0.884. The minimum absolute atomic E-state index is 0.0546. The fraction of sp³-hybridized carbons (Fsp3) is 0.0385. The van der Waals surface area contributed by atoms with E-state index in [1.54, 1.807) is 4.40 Å². The molecule has 6 aromatic rings. The van der Waals surface area contributed by atoms with Gasteiger partial charge in [0.2, 0.25) is 0 Å². The molecule has 3 aromatic heterocycles. The lowest BCUT2D eigenvalue weighted by Crippen LogP contribution is -2.22. The van der Waals surface area contributed by atoms with Gasteiger partial charge in [0.1, 0.15) is 0 Å². The molecule has 6 rings (SSSR count). The van der Waals surface area contributed by atoms with Gasteiger partial charge >= 0.3 is 0 Å². The first-order valence-electron chi connectivity index (χ1n) is 10.3. The van der Waals surface area contributed by atoms with Crippen LogP contribution in [0.3, 0.4) is 0 Å². The highest BCUT2D eigenvalue weighted by molar-refractivity contribution is 7.15. The fourth-order valence-corrected chi connectivity index (χ4v) is 4.87. The van der Waals surface area contributed by atoms with E-state index in [4.69, 9.17) is 5.10 Å². The van der Waals surface area contributed by atoms with Gasteiger partial charge in [-0.15, -0.1) is 0 Å². The Balaban J connectivity index is 1.58. The standard InChI is InChI=1S/C26H18N4OS/c1-17-11-13-18(14-12-17)24-19(16-29(28-24)20-7-3-2-4-8-20)15-23-25(31)30-22-10-6-5-9-21(22)27-26(30)32-23/h2-16H,1H3. The number of thiazole rings is 1. The molecule has 0 saturated heterocycles. The van der Waals surface area contributed by atoms with Gasteiger partial charge in [-0.1, -0.05) is 71.5 Å². The predicted molar refractivity (Wildman–Crippen MR) is 129 cm³/mol. The van der Waals surface area contributed by atoms with Crippen LogP contribution < -0.4 is 10.1 Å². The zero-order valence-corrected chi connectivity index (χ0v) is 18.1. The highest BCUT2D eigenvalue weighted by atomic mass is 32.1. The molecule has 0 atom stereocenters. The molecule has 0 saturated carbocycles. The van der Waals surface area contributed by atoms with E-state index in [1.165, 1.54) is 16.9 Å². The molecule has 0 bridgehead atoms. The molecule has 5 nitrogen and oxygen atoms in total. The lowest BCUT2D eigenvalue weighted by atomic mass is 10.1. The minimum Gasteiger partial charge on any atom is -0.267 e. The lowest BCUT2D eigenvalue weighted by Gasteiger charge is -2.01. The van der Waals surface area contributed by atoms with E-state index in [2.05, 4.69) is 36.2 Å². The van der Waals surface area contributed by atoms with Crippen molar-refractivity contribution in [2.45, 2.75) is 6.92 Å². The van der Waals surface area contributed by atoms with Crippen LogP contribution in [0.1, 0.15) is 11.1 Å². The molecule has 3 heterocycles. The molecule has 0 amide bonds. The molecule has 3 aromatic carbocycles. The number of hydrogen-bond donors (Lipinski definition) is 0. The highest BCUT2D eigenvalue weighted by Crippen LogP contribution is 2.25. The van der Waals surface area contributed by atoms with E-state index >= 15 is 0 Å². The first-order valence-corrected chi connectivity index (χ1v) is 11.1. The smallest absolute Gasteiger partial charge is 0.267 e. The summed E-state index contributed by atoms with van der Waals surface area (Å²) in [6, 6.07) is 26.0. The normalized spacial score (nSPS) is 12.2. The third-order valence-corrected chi connectivity index (χ3v) is 6.49. The van der Waals surface area contributed by atoms with Crippen molar-refractivity contribution in [2.24, 2.45) is 0 Å². The zero-order chi connectivity index (χ0) is 21.7. The second-order valence-electron chi connectivity index (χ2n) is 7.71. The van der Waals surface area contributed by atoms with E-state index in [1.807, 2.05) is 71.6 Å². The predicted octanol–water partition coefficient (Wildman–Crippen LogP) is 4.62. The van der Waals surface area contributed by atoms with Gasteiger partial charge in [0.05, 0.1) is 26.9 Å². The average molecular weight is 435 g/mol. The van der Waals surface area contributed by atoms with Crippen molar-refractivity contribution >= 4 is 33.4 Å². The topological polar surface area (TPSA) is 52.2 Å². The number of para-hydroxylation sites is 3. The second kappa shape index (κ2) is 7.28. The Bertz CT molecular complexity index is 1690. The number of hydrogen-bond acceptors (Lipinski definition) is 4. The molecule has 0 aliphatic carbocycles. The maximum atomic E-state index is 13.3. The van der Waals surface area contributed by atoms with Crippen LogP contribution in [0.5, 0.6) is 0 Å². The number of fused-ring (bicyclic) bond motifs is 3. The van der Waals surface area contributed by atoms with Crippen molar-refractivity contribution in [3.05, 3.63) is 111 Å². The minimum atomic E-state index is -0.0546. The highest BCUT2D eigenvalue weighted by Gasteiger charge is 2.14. The van der Waals surface area contributed by atoms with Crippen LogP contribution in [0, 0.1) is 6.92 Å². The molecule has 0 radical (unpaired) electrons. The second-order valence-corrected chi connectivity index (χ2v) is 8.72. The molecule has 32 heavy (non-hydrogen) atoms. The quantitative estimate of drug-likeness (QED) is 0.408. The Morgan fingerprint density at radius 2 is 1.66 bits per heavy atom. The summed E-state index contributed by atoms with van der Waals surface area (Å²) in [6.07, 6.45) is 3.91. The molecular weight excluding hydrogens is 416 g/mol. The van der Waals surface area contributed by atoms with Gasteiger partial charge < -0.3 is 0 Å². The third kappa shape index (κ3) is 3.04. The molecule has 6 heteroatoms. The number of nitrogens with zero attached hydrogens (tertiary/aromatic N) is 4. The van der Waals surface area contributed by atoms with Crippen LogP contribution in [-0.4, -0.2) is 19.2 Å². The van der Waals surface area contributed by atoms with Crippen molar-refractivity contribution in [3.63, 3.8) is 0 Å². The van der Waals surface area contributed by atoms with Gasteiger partial charge in [0.15, 0.2) is 4.96 Å². The van der Waals surface area contributed by atoms with E-state index in [0.29, 0.717) is 9.49 Å². The maximum absolute atomic E-state index is 13.3. The molecule has 0 fully saturated rings. The van der Waals surface area contributed by atoms with Crippen molar-refractivity contribution in [3.8, 4) is 16.9 Å². The largest absolute Gasteiger partial charge is 0.274 e. The summed E-state index contributed by atoms with van der Waals surface area (Å²) in [5, 5.41) is 4.86. The Morgan fingerprint density at radius 1 is 0.906 bits per heavy atom. The molecule has 0 aliphatic rings. The van der Waals surface area contributed by atoms with Gasteiger partial charge in [-0.2, -0.15) is 5.10 Å². The molecule has 0 aliphatic heterocycles. The summed E-state index contributed by atoms with van der Waals surface area (Å²) in [5.41, 5.74) is 6.51. The number of imidazole rings is 1. The summed E-state index contributed by atoms with van der Waals surface area (Å²) >= 11 is 1.40. The van der Waals surface area contributed by atoms with E-state index in [-0.39, 0.29) is 5.56 Å². The van der Waals surface area contributed by atoms with Gasteiger partial charge in [-0.25, -0.2) is 14.1 Å². The van der Waals surface area contributed by atoms with Crippen molar-refractivity contribution in [1.82, 2.24) is 19.2 Å². The van der Waals surface area contributed by atoms with Crippen LogP contribution >= 0.6 is 11.3 Å². The molecule has 154 valence electrons. The SMILES string of the molecule is Cc1ccc(-c2nn(-c3ccccc3)cc2C=c2sc3nc4ccccc4n3c2=O)cc1. The number of benzene rings is 3. The first kappa shape index (κ1) is 18.7. The summed E-state index contributed by atoms with van der Waals surface area (Å²) in [7, 11) is 0. The van der Waals surface area contributed by atoms with Gasteiger partial charge in [-0.05, 0) is 37.3 Å². The van der Waals surface area contributed by atoms with Crippen LogP contribution in [0.2, 0.25) is 0 Å². The van der Waals surface area contributed by atoms with E-state index < -0.39 is 0 Å².